The van der Waals surface area contributed by atoms with E-state index < -0.39 is 0 Å². The minimum Gasteiger partial charge on any atom is -0.352 e. The number of nitrogens with one attached hydrogen (secondary N) is 2. The van der Waals surface area contributed by atoms with E-state index in [1.165, 1.54) is 6.20 Å². The van der Waals surface area contributed by atoms with Crippen LogP contribution in [0.3, 0.4) is 0 Å². The van der Waals surface area contributed by atoms with Crippen molar-refractivity contribution in [1.82, 2.24) is 20.4 Å². The molecule has 0 unspecified atom stereocenters. The maximum Gasteiger partial charge on any atom is 0.254 e. The van der Waals surface area contributed by atoms with E-state index in [1.807, 2.05) is 14.1 Å². The van der Waals surface area contributed by atoms with Gasteiger partial charge in [-0.15, -0.1) is 0 Å². The van der Waals surface area contributed by atoms with Crippen LogP contribution in [-0.2, 0) is 0 Å². The molecule has 5 nitrogen and oxygen atoms in total. The molecule has 5 heteroatoms. The van der Waals surface area contributed by atoms with Crippen LogP contribution in [0.2, 0.25) is 0 Å². The van der Waals surface area contributed by atoms with E-state index in [1.54, 1.807) is 6.20 Å². The number of amides is 1. The maximum absolute atomic E-state index is 11.4. The van der Waals surface area contributed by atoms with Gasteiger partial charge in [0.15, 0.2) is 0 Å². The molecule has 1 amide bonds. The van der Waals surface area contributed by atoms with Crippen molar-refractivity contribution in [2.45, 2.75) is 6.42 Å². The summed E-state index contributed by atoms with van der Waals surface area (Å²) >= 11 is 0. The lowest BCUT2D eigenvalue weighted by Gasteiger charge is -2.09. The van der Waals surface area contributed by atoms with Gasteiger partial charge in [-0.05, 0) is 27.1 Å². The summed E-state index contributed by atoms with van der Waals surface area (Å²) in [6, 6.07) is 0. The van der Waals surface area contributed by atoms with E-state index in [4.69, 9.17) is 0 Å². The molecule has 0 saturated heterocycles. The Bertz CT molecular complexity index is 268. The highest BCUT2D eigenvalue weighted by Gasteiger charge is 2.04. The number of carbonyl (C=O) groups is 1. The number of H-pyrrole nitrogens is 1. The minimum absolute atomic E-state index is 0.0718. The van der Waals surface area contributed by atoms with Crippen molar-refractivity contribution in [3.8, 4) is 0 Å². The van der Waals surface area contributed by atoms with Crippen LogP contribution >= 0.6 is 0 Å². The smallest absolute Gasteiger partial charge is 0.254 e. The SMILES string of the molecule is CN(C)CCCNC(=O)c1cn[nH]c1. The van der Waals surface area contributed by atoms with Gasteiger partial charge in [0.2, 0.25) is 0 Å². The zero-order chi connectivity index (χ0) is 10.4. The molecular formula is C9H16N4O. The molecule has 0 aliphatic rings. The summed E-state index contributed by atoms with van der Waals surface area (Å²) < 4.78 is 0. The second kappa shape index (κ2) is 5.39. The van der Waals surface area contributed by atoms with Gasteiger partial charge in [0, 0.05) is 12.7 Å². The summed E-state index contributed by atoms with van der Waals surface area (Å²) in [6.07, 6.45) is 4.05. The van der Waals surface area contributed by atoms with Crippen molar-refractivity contribution in [3.05, 3.63) is 18.0 Å². The molecule has 2 N–H and O–H groups in total. The van der Waals surface area contributed by atoms with Gasteiger partial charge < -0.3 is 10.2 Å². The monoisotopic (exact) mass is 196 g/mol. The molecule has 1 rings (SSSR count). The number of hydrogen-bond donors (Lipinski definition) is 2. The number of carbonyl (C=O) groups excluding carboxylic acids is 1. The average Bonchev–Trinajstić information content (AvgIpc) is 2.64. The van der Waals surface area contributed by atoms with E-state index >= 15 is 0 Å². The van der Waals surface area contributed by atoms with Crippen LogP contribution in [0.4, 0.5) is 0 Å². The Hall–Kier alpha value is -1.36. The van der Waals surface area contributed by atoms with Gasteiger partial charge in [-0.3, -0.25) is 9.89 Å². The largest absolute Gasteiger partial charge is 0.352 e. The van der Waals surface area contributed by atoms with Gasteiger partial charge in [-0.2, -0.15) is 5.10 Å². The number of aromatic amines is 1. The highest BCUT2D eigenvalue weighted by atomic mass is 16.1. The van der Waals surface area contributed by atoms with Gasteiger partial charge >= 0.3 is 0 Å². The summed E-state index contributed by atoms with van der Waals surface area (Å²) in [5.41, 5.74) is 0.579. The third-order valence-corrected chi connectivity index (χ3v) is 1.83. The zero-order valence-corrected chi connectivity index (χ0v) is 8.58. The highest BCUT2D eigenvalue weighted by molar-refractivity contribution is 5.93. The zero-order valence-electron chi connectivity index (χ0n) is 8.58. The quantitative estimate of drug-likeness (QED) is 0.656. The lowest BCUT2D eigenvalue weighted by molar-refractivity contribution is 0.0952. The molecule has 0 aliphatic carbocycles. The van der Waals surface area contributed by atoms with Crippen molar-refractivity contribution in [2.24, 2.45) is 0 Å². The summed E-state index contributed by atoms with van der Waals surface area (Å²) in [5.74, 6) is -0.0718. The Kier molecular flexibility index (Phi) is 4.12. The van der Waals surface area contributed by atoms with E-state index in [0.29, 0.717) is 12.1 Å². The van der Waals surface area contributed by atoms with Gasteiger partial charge in [-0.1, -0.05) is 0 Å². The average molecular weight is 196 g/mol. The van der Waals surface area contributed by atoms with Gasteiger partial charge in [-0.25, -0.2) is 0 Å². The third kappa shape index (κ3) is 3.57. The molecule has 0 spiro atoms. The molecule has 0 atom stereocenters. The van der Waals surface area contributed by atoms with Crippen LogP contribution in [0.25, 0.3) is 0 Å². The number of hydrogen-bond acceptors (Lipinski definition) is 3. The molecule has 0 fully saturated rings. The van der Waals surface area contributed by atoms with Crippen LogP contribution in [0.5, 0.6) is 0 Å². The normalized spacial score (nSPS) is 10.5. The van der Waals surface area contributed by atoms with Gasteiger partial charge in [0.05, 0.1) is 11.8 Å². The second-order valence-corrected chi connectivity index (χ2v) is 3.40. The van der Waals surface area contributed by atoms with Crippen LogP contribution in [0.15, 0.2) is 12.4 Å². The lowest BCUT2D eigenvalue weighted by atomic mass is 10.3. The van der Waals surface area contributed by atoms with Crippen molar-refractivity contribution in [3.63, 3.8) is 0 Å². The fraction of sp³-hybridized carbons (Fsp3) is 0.556. The van der Waals surface area contributed by atoms with Gasteiger partial charge in [0.1, 0.15) is 0 Å². The maximum atomic E-state index is 11.4. The van der Waals surface area contributed by atoms with Crippen molar-refractivity contribution in [1.29, 1.82) is 0 Å². The topological polar surface area (TPSA) is 61.0 Å². The Morgan fingerprint density at radius 3 is 3.00 bits per heavy atom. The minimum atomic E-state index is -0.0718. The standard InChI is InChI=1S/C9H16N4O/c1-13(2)5-3-4-10-9(14)8-6-11-12-7-8/h6-7H,3-5H2,1-2H3,(H,10,14)(H,11,12). The first kappa shape index (κ1) is 10.7. The predicted molar refractivity (Wildman–Crippen MR) is 54.1 cm³/mol. The molecule has 0 aromatic carbocycles. The van der Waals surface area contributed by atoms with Crippen LogP contribution in [0, 0.1) is 0 Å². The van der Waals surface area contributed by atoms with E-state index in [-0.39, 0.29) is 5.91 Å². The molecular weight excluding hydrogens is 180 g/mol. The van der Waals surface area contributed by atoms with Crippen molar-refractivity contribution < 1.29 is 4.79 Å². The molecule has 1 heterocycles. The van der Waals surface area contributed by atoms with Crippen molar-refractivity contribution in [2.75, 3.05) is 27.2 Å². The second-order valence-electron chi connectivity index (χ2n) is 3.40. The Morgan fingerprint density at radius 1 is 1.64 bits per heavy atom. The molecule has 14 heavy (non-hydrogen) atoms. The summed E-state index contributed by atoms with van der Waals surface area (Å²) in [7, 11) is 4.02. The van der Waals surface area contributed by atoms with E-state index in [0.717, 1.165) is 13.0 Å². The first-order valence-corrected chi connectivity index (χ1v) is 4.62. The molecule has 78 valence electrons. The van der Waals surface area contributed by atoms with Gasteiger partial charge in [0.25, 0.3) is 5.91 Å². The van der Waals surface area contributed by atoms with E-state index in [9.17, 15) is 4.79 Å². The lowest BCUT2D eigenvalue weighted by Crippen LogP contribution is -2.26. The fourth-order valence-electron chi connectivity index (χ4n) is 1.07. The Balaban J connectivity index is 2.16. The number of aromatic nitrogens is 2. The van der Waals surface area contributed by atoms with Crippen LogP contribution in [0.1, 0.15) is 16.8 Å². The molecule has 0 radical (unpaired) electrons. The predicted octanol–water partition coefficient (Wildman–Crippen LogP) is 0.0912. The Morgan fingerprint density at radius 2 is 2.43 bits per heavy atom. The molecule has 1 aromatic heterocycles. The molecule has 0 saturated carbocycles. The summed E-state index contributed by atoms with van der Waals surface area (Å²) in [4.78, 5) is 13.5. The van der Waals surface area contributed by atoms with Crippen molar-refractivity contribution >= 4 is 5.91 Å². The van der Waals surface area contributed by atoms with Crippen LogP contribution in [-0.4, -0.2) is 48.2 Å². The highest BCUT2D eigenvalue weighted by Crippen LogP contribution is 1.92. The molecule has 0 aliphatic heterocycles. The molecule has 1 aromatic rings. The third-order valence-electron chi connectivity index (χ3n) is 1.83. The first-order valence-electron chi connectivity index (χ1n) is 4.62. The Labute approximate surface area is 83.5 Å². The van der Waals surface area contributed by atoms with Crippen LogP contribution < -0.4 is 5.32 Å². The summed E-state index contributed by atoms with van der Waals surface area (Å²) in [5, 5.41) is 9.12. The first-order chi connectivity index (χ1) is 6.70. The number of rotatable bonds is 5. The summed E-state index contributed by atoms with van der Waals surface area (Å²) in [6.45, 7) is 1.67. The fourth-order valence-corrected chi connectivity index (χ4v) is 1.07. The number of nitrogens with zero attached hydrogens (tertiary/aromatic N) is 2. The molecule has 0 bridgehead atoms. The van der Waals surface area contributed by atoms with E-state index in [2.05, 4.69) is 20.4 Å².